The standard InChI is InChI=1S/C25H20BrNO5/c1-14-13-15(11-12-17(14)26)23(29)21-22(16-7-3-6-10-20(16)32-2)27(25(31)24(21)30)18-8-4-5-9-19(18)28/h3-13,22,28-29H,1-2H3/b23-21+. The summed E-state index contributed by atoms with van der Waals surface area (Å²) in [5, 5.41) is 21.7. The molecule has 3 aromatic rings. The van der Waals surface area contributed by atoms with Gasteiger partial charge in [0.25, 0.3) is 11.7 Å². The Hall–Kier alpha value is -3.58. The number of halogens is 1. The predicted octanol–water partition coefficient (Wildman–Crippen LogP) is 5.10. The monoisotopic (exact) mass is 493 g/mol. The number of para-hydroxylation sites is 3. The van der Waals surface area contributed by atoms with Crippen LogP contribution in [0.15, 0.2) is 76.8 Å². The summed E-state index contributed by atoms with van der Waals surface area (Å²) < 4.78 is 6.34. The highest BCUT2D eigenvalue weighted by molar-refractivity contribution is 9.10. The van der Waals surface area contributed by atoms with E-state index in [4.69, 9.17) is 4.74 Å². The molecule has 1 atom stereocenters. The molecular formula is C25H20BrNO5. The van der Waals surface area contributed by atoms with Crippen LogP contribution in [0.4, 0.5) is 5.69 Å². The second-order valence-electron chi connectivity index (χ2n) is 7.36. The first-order valence-corrected chi connectivity index (χ1v) is 10.6. The minimum atomic E-state index is -0.997. The van der Waals surface area contributed by atoms with Crippen LogP contribution in [0.2, 0.25) is 0 Å². The predicted molar refractivity (Wildman–Crippen MR) is 125 cm³/mol. The van der Waals surface area contributed by atoms with E-state index >= 15 is 0 Å². The number of aryl methyl sites for hydroxylation is 1. The number of ether oxygens (including phenoxy) is 1. The molecule has 3 aromatic carbocycles. The molecule has 4 rings (SSSR count). The number of hydrogen-bond donors (Lipinski definition) is 2. The molecule has 1 amide bonds. The number of methoxy groups -OCH3 is 1. The third-order valence-electron chi connectivity index (χ3n) is 5.45. The lowest BCUT2D eigenvalue weighted by Crippen LogP contribution is -2.29. The van der Waals surface area contributed by atoms with Crippen LogP contribution in [0, 0.1) is 6.92 Å². The first-order chi connectivity index (χ1) is 15.3. The number of aliphatic hydroxyl groups excluding tert-OH is 1. The topological polar surface area (TPSA) is 87.1 Å². The summed E-state index contributed by atoms with van der Waals surface area (Å²) in [6.07, 6.45) is 0. The molecule has 0 radical (unpaired) electrons. The largest absolute Gasteiger partial charge is 0.507 e. The zero-order valence-corrected chi connectivity index (χ0v) is 19.0. The van der Waals surface area contributed by atoms with Gasteiger partial charge in [-0.25, -0.2) is 0 Å². The Morgan fingerprint density at radius 1 is 1.03 bits per heavy atom. The van der Waals surface area contributed by atoms with Gasteiger partial charge in [-0.3, -0.25) is 14.5 Å². The molecule has 1 aliphatic heterocycles. The molecule has 162 valence electrons. The molecule has 1 fully saturated rings. The number of aliphatic hydroxyl groups is 1. The Labute approximate surface area is 193 Å². The minimum absolute atomic E-state index is 0.0792. The van der Waals surface area contributed by atoms with Crippen LogP contribution in [-0.4, -0.2) is 29.0 Å². The van der Waals surface area contributed by atoms with Gasteiger partial charge in [0.2, 0.25) is 0 Å². The second kappa shape index (κ2) is 8.51. The molecule has 1 heterocycles. The second-order valence-corrected chi connectivity index (χ2v) is 8.22. The number of rotatable bonds is 4. The van der Waals surface area contributed by atoms with Gasteiger partial charge in [0, 0.05) is 15.6 Å². The summed E-state index contributed by atoms with van der Waals surface area (Å²) in [4.78, 5) is 27.6. The van der Waals surface area contributed by atoms with E-state index < -0.39 is 17.7 Å². The fraction of sp³-hybridized carbons (Fsp3) is 0.120. The summed E-state index contributed by atoms with van der Waals surface area (Å²) in [6.45, 7) is 1.86. The number of hydrogen-bond acceptors (Lipinski definition) is 5. The number of amides is 1. The normalized spacial score (nSPS) is 17.6. The number of carbonyl (C=O) groups is 2. The number of phenols is 1. The fourth-order valence-corrected chi connectivity index (χ4v) is 4.13. The molecule has 6 nitrogen and oxygen atoms in total. The quantitative estimate of drug-likeness (QED) is 0.300. The Bertz CT molecular complexity index is 1270. The van der Waals surface area contributed by atoms with Crippen molar-refractivity contribution in [1.82, 2.24) is 0 Å². The summed E-state index contributed by atoms with van der Waals surface area (Å²) in [5.74, 6) is -1.71. The number of carbonyl (C=O) groups excluding carboxylic acids is 2. The highest BCUT2D eigenvalue weighted by atomic mass is 79.9. The number of phenolic OH excluding ortho intramolecular Hbond substituents is 1. The SMILES string of the molecule is COc1ccccc1C1/C(=C(\O)c2ccc(Br)c(C)c2)C(=O)C(=O)N1c1ccccc1O. The van der Waals surface area contributed by atoms with Crippen molar-refractivity contribution in [3.8, 4) is 11.5 Å². The Morgan fingerprint density at radius 2 is 1.72 bits per heavy atom. The first kappa shape index (κ1) is 21.6. The highest BCUT2D eigenvalue weighted by Gasteiger charge is 2.48. The van der Waals surface area contributed by atoms with E-state index in [1.807, 2.05) is 6.92 Å². The first-order valence-electron chi connectivity index (χ1n) is 9.83. The molecule has 0 aromatic heterocycles. The number of ketones is 1. The van der Waals surface area contributed by atoms with Crippen molar-refractivity contribution in [2.45, 2.75) is 13.0 Å². The van der Waals surface area contributed by atoms with Gasteiger partial charge >= 0.3 is 0 Å². The van der Waals surface area contributed by atoms with Crippen molar-refractivity contribution in [2.75, 3.05) is 12.0 Å². The summed E-state index contributed by atoms with van der Waals surface area (Å²) in [7, 11) is 1.49. The number of anilines is 1. The van der Waals surface area contributed by atoms with Crippen LogP contribution in [0.1, 0.15) is 22.7 Å². The fourth-order valence-electron chi connectivity index (χ4n) is 3.88. The average Bonchev–Trinajstić information content (AvgIpc) is 3.05. The number of benzene rings is 3. The van der Waals surface area contributed by atoms with Crippen LogP contribution in [0.5, 0.6) is 11.5 Å². The summed E-state index contributed by atoms with van der Waals surface area (Å²) in [6, 6.07) is 17.4. The molecule has 0 spiro atoms. The Balaban J connectivity index is 2.01. The van der Waals surface area contributed by atoms with Gasteiger partial charge in [-0.2, -0.15) is 0 Å². The molecular weight excluding hydrogens is 474 g/mol. The smallest absolute Gasteiger partial charge is 0.300 e. The number of aromatic hydroxyl groups is 1. The zero-order chi connectivity index (χ0) is 23.0. The van der Waals surface area contributed by atoms with Gasteiger partial charge in [-0.15, -0.1) is 0 Å². The van der Waals surface area contributed by atoms with E-state index in [1.54, 1.807) is 60.7 Å². The molecule has 0 bridgehead atoms. The van der Waals surface area contributed by atoms with Crippen LogP contribution in [-0.2, 0) is 9.59 Å². The molecule has 32 heavy (non-hydrogen) atoms. The molecule has 1 aliphatic rings. The van der Waals surface area contributed by atoms with Crippen LogP contribution < -0.4 is 9.64 Å². The van der Waals surface area contributed by atoms with Gasteiger partial charge in [-0.1, -0.05) is 52.3 Å². The van der Waals surface area contributed by atoms with E-state index in [-0.39, 0.29) is 22.8 Å². The van der Waals surface area contributed by atoms with Crippen molar-refractivity contribution in [3.63, 3.8) is 0 Å². The number of Topliss-reactive ketones (excluding diaryl/α,β-unsaturated/α-hetero) is 1. The van der Waals surface area contributed by atoms with Gasteiger partial charge < -0.3 is 14.9 Å². The maximum atomic E-state index is 13.2. The minimum Gasteiger partial charge on any atom is -0.507 e. The van der Waals surface area contributed by atoms with E-state index in [0.717, 1.165) is 10.0 Å². The zero-order valence-electron chi connectivity index (χ0n) is 17.4. The van der Waals surface area contributed by atoms with Crippen molar-refractivity contribution in [2.24, 2.45) is 0 Å². The average molecular weight is 494 g/mol. The van der Waals surface area contributed by atoms with Crippen molar-refractivity contribution >= 4 is 39.1 Å². The molecule has 1 unspecified atom stereocenters. The molecule has 0 saturated carbocycles. The van der Waals surface area contributed by atoms with E-state index in [0.29, 0.717) is 16.9 Å². The third kappa shape index (κ3) is 3.54. The maximum absolute atomic E-state index is 13.2. The number of nitrogens with zero attached hydrogens (tertiary/aromatic N) is 1. The van der Waals surface area contributed by atoms with Gasteiger partial charge in [0.15, 0.2) is 0 Å². The summed E-state index contributed by atoms with van der Waals surface area (Å²) in [5.41, 5.74) is 1.85. The van der Waals surface area contributed by atoms with Crippen LogP contribution in [0.25, 0.3) is 5.76 Å². The van der Waals surface area contributed by atoms with Gasteiger partial charge in [0.05, 0.1) is 24.4 Å². The van der Waals surface area contributed by atoms with E-state index in [2.05, 4.69) is 15.9 Å². The molecule has 7 heteroatoms. The Kier molecular flexibility index (Phi) is 5.76. The van der Waals surface area contributed by atoms with E-state index in [1.165, 1.54) is 18.1 Å². The lowest BCUT2D eigenvalue weighted by atomic mass is 9.94. The van der Waals surface area contributed by atoms with Crippen molar-refractivity contribution in [3.05, 3.63) is 93.5 Å². The highest BCUT2D eigenvalue weighted by Crippen LogP contribution is 2.46. The third-order valence-corrected chi connectivity index (χ3v) is 6.34. The lowest BCUT2D eigenvalue weighted by molar-refractivity contribution is -0.132. The molecule has 1 saturated heterocycles. The van der Waals surface area contributed by atoms with Gasteiger partial charge in [0.1, 0.15) is 17.3 Å². The maximum Gasteiger partial charge on any atom is 0.300 e. The van der Waals surface area contributed by atoms with Crippen LogP contribution >= 0.6 is 15.9 Å². The molecule has 2 N–H and O–H groups in total. The van der Waals surface area contributed by atoms with Crippen molar-refractivity contribution in [1.29, 1.82) is 0 Å². The van der Waals surface area contributed by atoms with Crippen molar-refractivity contribution < 1.29 is 24.5 Å². The summed E-state index contributed by atoms with van der Waals surface area (Å²) >= 11 is 3.43. The van der Waals surface area contributed by atoms with Crippen LogP contribution in [0.3, 0.4) is 0 Å². The van der Waals surface area contributed by atoms with Gasteiger partial charge in [-0.05, 0) is 42.8 Å². The van der Waals surface area contributed by atoms with E-state index in [9.17, 15) is 19.8 Å². The lowest BCUT2D eigenvalue weighted by Gasteiger charge is -2.27. The molecule has 0 aliphatic carbocycles. The Morgan fingerprint density at radius 3 is 2.41 bits per heavy atom.